The van der Waals surface area contributed by atoms with Gasteiger partial charge in [0.2, 0.25) is 5.91 Å². The molecule has 5 nitrogen and oxygen atoms in total. The van der Waals surface area contributed by atoms with Crippen molar-refractivity contribution in [1.82, 2.24) is 9.80 Å². The maximum Gasteiger partial charge on any atom is 0.226 e. The number of likely N-dealkylation sites (tertiary alicyclic amines) is 2. The Balaban J connectivity index is 1.19. The van der Waals surface area contributed by atoms with Crippen molar-refractivity contribution in [2.24, 2.45) is 0 Å². The number of ether oxygens (including phenoxy) is 2. The first-order valence-electron chi connectivity index (χ1n) is 11.8. The molecule has 0 spiro atoms. The molecule has 0 bridgehead atoms. The van der Waals surface area contributed by atoms with Gasteiger partial charge in [0.25, 0.3) is 0 Å². The number of hydrogen-bond acceptors (Lipinski definition) is 4. The van der Waals surface area contributed by atoms with E-state index < -0.39 is 0 Å². The smallest absolute Gasteiger partial charge is 0.226 e. The Morgan fingerprint density at radius 3 is 2.31 bits per heavy atom. The molecule has 0 aliphatic carbocycles. The highest BCUT2D eigenvalue weighted by atomic mass is 19.1. The van der Waals surface area contributed by atoms with Crippen LogP contribution in [0.25, 0.3) is 0 Å². The Morgan fingerprint density at radius 2 is 1.66 bits per heavy atom. The number of carbonyl (C=O) groups is 1. The van der Waals surface area contributed by atoms with Gasteiger partial charge in [0.15, 0.2) is 11.6 Å². The largest absolute Gasteiger partial charge is 0.494 e. The van der Waals surface area contributed by atoms with Gasteiger partial charge in [-0.05, 0) is 62.4 Å². The fourth-order valence-electron chi connectivity index (χ4n) is 4.72. The summed E-state index contributed by atoms with van der Waals surface area (Å²) in [5, 5.41) is 0. The molecule has 2 aromatic carbocycles. The van der Waals surface area contributed by atoms with E-state index in [-0.39, 0.29) is 17.8 Å². The fourth-order valence-corrected chi connectivity index (χ4v) is 4.72. The van der Waals surface area contributed by atoms with E-state index in [1.807, 2.05) is 36.1 Å². The van der Waals surface area contributed by atoms with Crippen LogP contribution in [0.2, 0.25) is 0 Å². The SMILES string of the molecule is CCOc1ccc(CC(=O)N2CCC(N3CCC(Oc4ccccc4F)CC3)CC2)cc1. The molecule has 0 radical (unpaired) electrons. The highest BCUT2D eigenvalue weighted by molar-refractivity contribution is 5.78. The van der Waals surface area contributed by atoms with E-state index in [1.165, 1.54) is 6.07 Å². The highest BCUT2D eigenvalue weighted by Gasteiger charge is 2.30. The minimum atomic E-state index is -0.294. The van der Waals surface area contributed by atoms with Crippen molar-refractivity contribution in [2.75, 3.05) is 32.8 Å². The number of halogens is 1. The molecular weight excluding hydrogens is 407 g/mol. The molecule has 2 heterocycles. The first-order valence-corrected chi connectivity index (χ1v) is 11.8. The quantitative estimate of drug-likeness (QED) is 0.644. The maximum atomic E-state index is 13.8. The van der Waals surface area contributed by atoms with Crippen molar-refractivity contribution in [3.63, 3.8) is 0 Å². The van der Waals surface area contributed by atoms with E-state index in [1.54, 1.807) is 18.2 Å². The summed E-state index contributed by atoms with van der Waals surface area (Å²) < 4.78 is 25.2. The van der Waals surface area contributed by atoms with E-state index in [9.17, 15) is 9.18 Å². The summed E-state index contributed by atoms with van der Waals surface area (Å²) in [7, 11) is 0. The lowest BCUT2D eigenvalue weighted by Crippen LogP contribution is -2.50. The molecule has 2 fully saturated rings. The van der Waals surface area contributed by atoms with Gasteiger partial charge < -0.3 is 14.4 Å². The number of para-hydroxylation sites is 1. The molecular formula is C26H33FN2O3. The summed E-state index contributed by atoms with van der Waals surface area (Å²) in [5.41, 5.74) is 1.03. The Labute approximate surface area is 190 Å². The van der Waals surface area contributed by atoms with E-state index >= 15 is 0 Å². The first kappa shape index (κ1) is 22.6. The van der Waals surface area contributed by atoms with Crippen LogP contribution in [0, 0.1) is 5.82 Å². The van der Waals surface area contributed by atoms with Gasteiger partial charge in [-0.2, -0.15) is 0 Å². The van der Waals surface area contributed by atoms with Gasteiger partial charge in [0, 0.05) is 32.2 Å². The van der Waals surface area contributed by atoms with Crippen LogP contribution in [-0.2, 0) is 11.2 Å². The van der Waals surface area contributed by atoms with Crippen molar-refractivity contribution < 1.29 is 18.7 Å². The third-order valence-electron chi connectivity index (χ3n) is 6.53. The van der Waals surface area contributed by atoms with Crippen molar-refractivity contribution in [3.05, 3.63) is 59.9 Å². The van der Waals surface area contributed by atoms with Gasteiger partial charge in [0.1, 0.15) is 11.9 Å². The third-order valence-corrected chi connectivity index (χ3v) is 6.53. The molecule has 6 heteroatoms. The molecule has 32 heavy (non-hydrogen) atoms. The Hall–Kier alpha value is -2.60. The fraction of sp³-hybridized carbons (Fsp3) is 0.500. The minimum Gasteiger partial charge on any atom is -0.494 e. The van der Waals surface area contributed by atoms with E-state index in [4.69, 9.17) is 9.47 Å². The molecule has 2 aromatic rings. The molecule has 0 aromatic heterocycles. The van der Waals surface area contributed by atoms with E-state index in [2.05, 4.69) is 4.90 Å². The average Bonchev–Trinajstić information content (AvgIpc) is 2.83. The van der Waals surface area contributed by atoms with Crippen molar-refractivity contribution in [2.45, 2.75) is 51.2 Å². The molecule has 4 rings (SSSR count). The highest BCUT2D eigenvalue weighted by Crippen LogP contribution is 2.25. The normalized spacial score (nSPS) is 18.5. The van der Waals surface area contributed by atoms with Crippen LogP contribution in [-0.4, -0.2) is 60.6 Å². The monoisotopic (exact) mass is 440 g/mol. The molecule has 0 unspecified atom stereocenters. The minimum absolute atomic E-state index is 0.0685. The van der Waals surface area contributed by atoms with Crippen LogP contribution < -0.4 is 9.47 Å². The number of amides is 1. The summed E-state index contributed by atoms with van der Waals surface area (Å²) in [6.07, 6.45) is 4.34. The Bertz CT molecular complexity index is 873. The zero-order valence-electron chi connectivity index (χ0n) is 18.8. The summed E-state index contributed by atoms with van der Waals surface area (Å²) in [6.45, 7) is 6.15. The second-order valence-electron chi connectivity index (χ2n) is 8.65. The molecule has 172 valence electrons. The maximum absolute atomic E-state index is 13.8. The number of carbonyl (C=O) groups excluding carboxylic acids is 1. The molecule has 2 aliphatic heterocycles. The zero-order chi connectivity index (χ0) is 22.3. The van der Waals surface area contributed by atoms with Crippen LogP contribution in [0.1, 0.15) is 38.2 Å². The lowest BCUT2D eigenvalue weighted by atomic mass is 9.98. The Morgan fingerprint density at radius 1 is 0.969 bits per heavy atom. The van der Waals surface area contributed by atoms with Gasteiger partial charge >= 0.3 is 0 Å². The van der Waals surface area contributed by atoms with Crippen LogP contribution in [0.3, 0.4) is 0 Å². The van der Waals surface area contributed by atoms with E-state index in [0.29, 0.717) is 24.8 Å². The molecule has 2 aliphatic rings. The predicted molar refractivity (Wildman–Crippen MR) is 123 cm³/mol. The van der Waals surface area contributed by atoms with Gasteiger partial charge in [-0.3, -0.25) is 9.69 Å². The number of nitrogens with zero attached hydrogens (tertiary/aromatic N) is 2. The summed E-state index contributed by atoms with van der Waals surface area (Å²) in [6, 6.07) is 14.9. The second-order valence-corrected chi connectivity index (χ2v) is 8.65. The first-order chi connectivity index (χ1) is 15.6. The van der Waals surface area contributed by atoms with Crippen molar-refractivity contribution in [3.8, 4) is 11.5 Å². The topological polar surface area (TPSA) is 42.0 Å². The van der Waals surface area contributed by atoms with Gasteiger partial charge in [0.05, 0.1) is 13.0 Å². The summed E-state index contributed by atoms with van der Waals surface area (Å²) >= 11 is 0. The number of piperidine rings is 2. The van der Waals surface area contributed by atoms with Crippen LogP contribution in [0.4, 0.5) is 4.39 Å². The van der Waals surface area contributed by atoms with Crippen LogP contribution in [0.15, 0.2) is 48.5 Å². The zero-order valence-corrected chi connectivity index (χ0v) is 18.8. The predicted octanol–water partition coefficient (Wildman–Crippen LogP) is 4.30. The summed E-state index contributed by atoms with van der Waals surface area (Å²) in [5.74, 6) is 1.10. The van der Waals surface area contributed by atoms with Crippen molar-refractivity contribution >= 4 is 5.91 Å². The molecule has 1 amide bonds. The van der Waals surface area contributed by atoms with Crippen LogP contribution in [0.5, 0.6) is 11.5 Å². The number of hydrogen-bond donors (Lipinski definition) is 0. The van der Waals surface area contributed by atoms with Crippen LogP contribution >= 0.6 is 0 Å². The van der Waals surface area contributed by atoms with Gasteiger partial charge in [-0.15, -0.1) is 0 Å². The third kappa shape index (κ3) is 5.80. The number of benzene rings is 2. The molecule has 2 saturated heterocycles. The average molecular weight is 441 g/mol. The summed E-state index contributed by atoms with van der Waals surface area (Å²) in [4.78, 5) is 17.3. The molecule has 0 atom stereocenters. The molecule has 0 N–H and O–H groups in total. The standard InChI is InChI=1S/C26H33FN2O3/c1-2-31-22-9-7-20(8-10-22)19-26(30)29-15-11-21(12-16-29)28-17-13-23(14-18-28)32-25-6-4-3-5-24(25)27/h3-10,21,23H,2,11-19H2,1H3. The van der Waals surface area contributed by atoms with Gasteiger partial charge in [-0.25, -0.2) is 4.39 Å². The Kier molecular flexibility index (Phi) is 7.63. The second kappa shape index (κ2) is 10.8. The molecule has 0 saturated carbocycles. The lowest BCUT2D eigenvalue weighted by molar-refractivity contribution is -0.132. The van der Waals surface area contributed by atoms with E-state index in [0.717, 1.165) is 63.2 Å². The number of rotatable bonds is 7. The van der Waals surface area contributed by atoms with Crippen molar-refractivity contribution in [1.29, 1.82) is 0 Å². The van der Waals surface area contributed by atoms with Gasteiger partial charge in [-0.1, -0.05) is 24.3 Å². The lowest BCUT2D eigenvalue weighted by Gasteiger charge is -2.41.